The highest BCUT2D eigenvalue weighted by atomic mass is 35.5. The van der Waals surface area contributed by atoms with E-state index in [0.29, 0.717) is 16.3 Å². The summed E-state index contributed by atoms with van der Waals surface area (Å²) in [4.78, 5) is 23.8. The molecule has 1 amide bonds. The molecule has 1 aliphatic heterocycles. The van der Waals surface area contributed by atoms with Crippen molar-refractivity contribution >= 4 is 29.6 Å². The van der Waals surface area contributed by atoms with Crippen LogP contribution in [0.1, 0.15) is 31.2 Å². The molecule has 23 heavy (non-hydrogen) atoms. The molecule has 2 aliphatic rings. The molecule has 1 heterocycles. The minimum atomic E-state index is -0.544. The number of amides is 1. The zero-order valence-electron chi connectivity index (χ0n) is 12.6. The highest BCUT2D eigenvalue weighted by Crippen LogP contribution is 2.29. The summed E-state index contributed by atoms with van der Waals surface area (Å²) in [6.07, 6.45) is 5.95. The zero-order valence-corrected chi connectivity index (χ0v) is 13.4. The molecule has 0 unspecified atom stereocenters. The molecule has 5 nitrogen and oxygen atoms in total. The monoisotopic (exact) mass is 335 g/mol. The van der Waals surface area contributed by atoms with E-state index < -0.39 is 5.97 Å². The second kappa shape index (κ2) is 7.04. The molecule has 0 spiro atoms. The Labute approximate surface area is 139 Å². The first-order valence-electron chi connectivity index (χ1n) is 7.71. The number of hydrogen-bond acceptors (Lipinski definition) is 4. The summed E-state index contributed by atoms with van der Waals surface area (Å²) in [6.45, 7) is -0.146. The third kappa shape index (κ3) is 4.05. The maximum atomic E-state index is 12.1. The second-order valence-electron chi connectivity index (χ2n) is 5.77. The summed E-state index contributed by atoms with van der Waals surface area (Å²) in [6, 6.07) is 5.42. The van der Waals surface area contributed by atoms with E-state index in [1.165, 1.54) is 0 Å². The highest BCUT2D eigenvalue weighted by molar-refractivity contribution is 6.30. The van der Waals surface area contributed by atoms with Crippen LogP contribution in [0, 0.1) is 0 Å². The van der Waals surface area contributed by atoms with Crippen LogP contribution in [0.2, 0.25) is 5.02 Å². The Morgan fingerprint density at radius 3 is 2.87 bits per heavy atom. The van der Waals surface area contributed by atoms with Crippen LogP contribution in [-0.4, -0.2) is 31.1 Å². The van der Waals surface area contributed by atoms with Gasteiger partial charge in [0.05, 0.1) is 5.57 Å². The Balaban J connectivity index is 1.55. The number of carbonyl (C=O) groups is 2. The topological polar surface area (TPSA) is 64.6 Å². The van der Waals surface area contributed by atoms with Crippen molar-refractivity contribution < 1.29 is 19.1 Å². The number of ether oxygens (including phenoxy) is 2. The van der Waals surface area contributed by atoms with Crippen LogP contribution in [0.25, 0.3) is 6.08 Å². The number of benzene rings is 1. The van der Waals surface area contributed by atoms with Gasteiger partial charge < -0.3 is 14.8 Å². The second-order valence-corrected chi connectivity index (χ2v) is 6.20. The molecule has 0 aromatic heterocycles. The van der Waals surface area contributed by atoms with Gasteiger partial charge in [-0.05, 0) is 37.1 Å². The van der Waals surface area contributed by atoms with Gasteiger partial charge in [-0.25, -0.2) is 4.79 Å². The molecule has 0 atom stereocenters. The van der Waals surface area contributed by atoms with E-state index in [1.54, 1.807) is 24.3 Å². The lowest BCUT2D eigenvalue weighted by atomic mass is 10.1. The van der Waals surface area contributed by atoms with Crippen LogP contribution in [-0.2, 0) is 14.3 Å². The third-order valence-corrected chi connectivity index (χ3v) is 4.24. The molecule has 6 heteroatoms. The smallest absolute Gasteiger partial charge is 0.338 e. The molecule has 0 saturated heterocycles. The van der Waals surface area contributed by atoms with Gasteiger partial charge in [0.25, 0.3) is 5.91 Å². The first-order chi connectivity index (χ1) is 11.1. The largest absolute Gasteiger partial charge is 0.488 e. The predicted molar refractivity (Wildman–Crippen MR) is 86.3 cm³/mol. The normalized spacial score (nSPS) is 17.0. The third-order valence-electron chi connectivity index (χ3n) is 4.00. The Bertz CT molecular complexity index is 650. The maximum absolute atomic E-state index is 12.1. The molecule has 3 rings (SSSR count). The zero-order chi connectivity index (χ0) is 16.2. The summed E-state index contributed by atoms with van der Waals surface area (Å²) >= 11 is 5.93. The van der Waals surface area contributed by atoms with E-state index in [-0.39, 0.29) is 25.2 Å². The van der Waals surface area contributed by atoms with Crippen LogP contribution in [0.5, 0.6) is 5.75 Å². The summed E-state index contributed by atoms with van der Waals surface area (Å²) in [5.74, 6) is -0.131. The summed E-state index contributed by atoms with van der Waals surface area (Å²) in [5.41, 5.74) is 1.10. The summed E-state index contributed by atoms with van der Waals surface area (Å²) in [5, 5.41) is 3.44. The minimum absolute atomic E-state index is 0.123. The number of fused-ring (bicyclic) bond motifs is 1. The fourth-order valence-corrected chi connectivity index (χ4v) is 3.01. The average molecular weight is 336 g/mol. The van der Waals surface area contributed by atoms with Crippen LogP contribution in [0.15, 0.2) is 23.8 Å². The standard InChI is InChI=1S/C17H18ClNO4/c18-13-5-6-15-11(8-13)7-12(9-22-15)17(21)23-10-16(20)19-14-3-1-2-4-14/h5-8,14H,1-4,9-10H2,(H,19,20). The van der Waals surface area contributed by atoms with E-state index in [2.05, 4.69) is 5.32 Å². The lowest BCUT2D eigenvalue weighted by Crippen LogP contribution is -2.36. The Morgan fingerprint density at radius 1 is 1.30 bits per heavy atom. The van der Waals surface area contributed by atoms with E-state index in [9.17, 15) is 9.59 Å². The average Bonchev–Trinajstić information content (AvgIpc) is 3.04. The van der Waals surface area contributed by atoms with Crippen LogP contribution < -0.4 is 10.1 Å². The fraction of sp³-hybridized carbons (Fsp3) is 0.412. The number of rotatable bonds is 4. The van der Waals surface area contributed by atoms with Gasteiger partial charge in [0.2, 0.25) is 0 Å². The van der Waals surface area contributed by atoms with Crippen molar-refractivity contribution in [3.63, 3.8) is 0 Å². The van der Waals surface area contributed by atoms with E-state index in [4.69, 9.17) is 21.1 Å². The molecule has 1 aromatic rings. The first-order valence-corrected chi connectivity index (χ1v) is 8.09. The van der Waals surface area contributed by atoms with Crippen molar-refractivity contribution in [2.24, 2.45) is 0 Å². The lowest BCUT2D eigenvalue weighted by Gasteiger charge is -2.17. The van der Waals surface area contributed by atoms with Crippen LogP contribution in [0.4, 0.5) is 0 Å². The molecular weight excluding hydrogens is 318 g/mol. The van der Waals surface area contributed by atoms with Gasteiger partial charge in [-0.2, -0.15) is 0 Å². The number of halogens is 1. The Hall–Kier alpha value is -2.01. The van der Waals surface area contributed by atoms with Crippen molar-refractivity contribution in [2.45, 2.75) is 31.7 Å². The number of carbonyl (C=O) groups excluding carboxylic acids is 2. The van der Waals surface area contributed by atoms with Crippen molar-refractivity contribution in [1.29, 1.82) is 0 Å². The Morgan fingerprint density at radius 2 is 2.09 bits per heavy atom. The molecule has 1 fully saturated rings. The summed E-state index contributed by atoms with van der Waals surface area (Å²) in [7, 11) is 0. The van der Waals surface area contributed by atoms with Gasteiger partial charge in [-0.1, -0.05) is 24.4 Å². The molecule has 1 aliphatic carbocycles. The van der Waals surface area contributed by atoms with Crippen LogP contribution >= 0.6 is 11.6 Å². The van der Waals surface area contributed by atoms with Gasteiger partial charge in [-0.3, -0.25) is 4.79 Å². The van der Waals surface area contributed by atoms with Crippen molar-refractivity contribution in [2.75, 3.05) is 13.2 Å². The number of hydrogen-bond donors (Lipinski definition) is 1. The van der Waals surface area contributed by atoms with Crippen molar-refractivity contribution in [3.05, 3.63) is 34.4 Å². The first kappa shape index (κ1) is 15.9. The van der Waals surface area contributed by atoms with Gasteiger partial charge in [0.1, 0.15) is 12.4 Å². The molecular formula is C17H18ClNO4. The lowest BCUT2D eigenvalue weighted by molar-refractivity contribution is -0.145. The number of nitrogens with one attached hydrogen (secondary N) is 1. The molecule has 0 bridgehead atoms. The Kier molecular flexibility index (Phi) is 4.86. The predicted octanol–water partition coefficient (Wildman–Crippen LogP) is 2.72. The SMILES string of the molecule is O=C(COC(=O)C1=Cc2cc(Cl)ccc2OC1)NC1CCCC1. The molecule has 1 aromatic carbocycles. The molecule has 1 N–H and O–H groups in total. The quantitative estimate of drug-likeness (QED) is 0.859. The highest BCUT2D eigenvalue weighted by Gasteiger charge is 2.21. The van der Waals surface area contributed by atoms with Crippen molar-refractivity contribution in [1.82, 2.24) is 5.32 Å². The van der Waals surface area contributed by atoms with Crippen LogP contribution in [0.3, 0.4) is 0 Å². The molecule has 122 valence electrons. The minimum Gasteiger partial charge on any atom is -0.488 e. The van der Waals surface area contributed by atoms with Gasteiger partial charge in [-0.15, -0.1) is 0 Å². The molecule has 0 radical (unpaired) electrons. The summed E-state index contributed by atoms with van der Waals surface area (Å²) < 4.78 is 10.6. The van der Waals surface area contributed by atoms with Gasteiger partial charge in [0.15, 0.2) is 6.61 Å². The molecule has 1 saturated carbocycles. The van der Waals surface area contributed by atoms with Gasteiger partial charge in [0, 0.05) is 16.6 Å². The van der Waals surface area contributed by atoms with Gasteiger partial charge >= 0.3 is 5.97 Å². The van der Waals surface area contributed by atoms with E-state index in [0.717, 1.165) is 31.2 Å². The number of esters is 1. The fourth-order valence-electron chi connectivity index (χ4n) is 2.83. The van der Waals surface area contributed by atoms with Crippen molar-refractivity contribution in [3.8, 4) is 5.75 Å². The van der Waals surface area contributed by atoms with E-state index >= 15 is 0 Å². The maximum Gasteiger partial charge on any atom is 0.338 e. The van der Waals surface area contributed by atoms with E-state index in [1.807, 2.05) is 0 Å².